The van der Waals surface area contributed by atoms with Gasteiger partial charge >= 0.3 is 7.82 Å². The molecule has 0 bridgehead atoms. The molecule has 0 amide bonds. The van der Waals surface area contributed by atoms with E-state index in [9.17, 15) is 4.57 Å². The molecule has 0 radical (unpaired) electrons. The molecule has 0 aliphatic rings. The smallest absolute Gasteiger partial charge is 0.302 e. The summed E-state index contributed by atoms with van der Waals surface area (Å²) >= 11 is 1.69. The van der Waals surface area contributed by atoms with E-state index >= 15 is 0 Å². The topological polar surface area (TPSA) is 76.0 Å². The molecule has 15 heavy (non-hydrogen) atoms. The van der Waals surface area contributed by atoms with Crippen molar-refractivity contribution in [1.82, 2.24) is 0 Å². The Morgan fingerprint density at radius 3 is 2.53 bits per heavy atom. The molecular weight excluding hydrogens is 259 g/mol. The summed E-state index contributed by atoms with van der Waals surface area (Å²) < 4.78 is 19.0. The van der Waals surface area contributed by atoms with Crippen molar-refractivity contribution >= 4 is 31.9 Å². The monoisotopic (exact) mass is 268 g/mol. The Hall–Kier alpha value is -0.0100. The molecule has 0 unspecified atom stereocenters. The van der Waals surface area contributed by atoms with Gasteiger partial charge in [0.25, 0.3) is 0 Å². The van der Waals surface area contributed by atoms with Gasteiger partial charge in [-0.2, -0.15) is 3.97 Å². The largest absolute Gasteiger partial charge is 0.482 e. The van der Waals surface area contributed by atoms with Gasteiger partial charge in [-0.3, -0.25) is 4.18 Å². The van der Waals surface area contributed by atoms with Crippen molar-refractivity contribution in [3.63, 3.8) is 0 Å². The van der Waals surface area contributed by atoms with Crippen LogP contribution in [0.3, 0.4) is 0 Å². The SMILES string of the molecule is O=P(O)(O)OSOCSc1ccccc1. The van der Waals surface area contributed by atoms with Gasteiger partial charge in [0.1, 0.15) is 5.94 Å². The van der Waals surface area contributed by atoms with Crippen molar-refractivity contribution in [2.75, 3.05) is 5.94 Å². The Bertz CT molecular complexity index is 327. The average Bonchev–Trinajstić information content (AvgIpc) is 2.17. The zero-order valence-electron chi connectivity index (χ0n) is 7.48. The van der Waals surface area contributed by atoms with E-state index in [0.29, 0.717) is 12.3 Å². The Kier molecular flexibility index (Phi) is 5.70. The molecular formula is C7H9O5PS2. The molecule has 8 heteroatoms. The lowest BCUT2D eigenvalue weighted by molar-refractivity contribution is 0.285. The summed E-state index contributed by atoms with van der Waals surface area (Å²) in [6.45, 7) is 0. The van der Waals surface area contributed by atoms with Gasteiger partial charge in [0, 0.05) is 4.90 Å². The lowest BCUT2D eigenvalue weighted by Crippen LogP contribution is -1.83. The van der Waals surface area contributed by atoms with Crippen molar-refractivity contribution in [1.29, 1.82) is 0 Å². The normalized spacial score (nSPS) is 11.6. The second-order valence-corrected chi connectivity index (χ2v) is 5.27. The maximum Gasteiger partial charge on any atom is 0.482 e. The summed E-state index contributed by atoms with van der Waals surface area (Å²) in [5, 5.41) is 0. The second kappa shape index (κ2) is 6.55. The highest BCUT2D eigenvalue weighted by Gasteiger charge is 2.14. The molecule has 0 aliphatic heterocycles. The summed E-state index contributed by atoms with van der Waals surface area (Å²) in [6.07, 6.45) is 0. The minimum absolute atomic E-state index is 0.245. The maximum absolute atomic E-state index is 10.2. The third kappa shape index (κ3) is 6.97. The van der Waals surface area contributed by atoms with Crippen LogP contribution in [-0.2, 0) is 12.7 Å². The summed E-state index contributed by atoms with van der Waals surface area (Å²) in [6, 6.07) is 9.49. The molecule has 0 saturated carbocycles. The fourth-order valence-electron chi connectivity index (χ4n) is 0.690. The highest BCUT2D eigenvalue weighted by Crippen LogP contribution is 2.41. The molecule has 1 aromatic carbocycles. The molecule has 0 saturated heterocycles. The molecule has 0 heterocycles. The van der Waals surface area contributed by atoms with Gasteiger partial charge in [0.2, 0.25) is 0 Å². The van der Waals surface area contributed by atoms with Gasteiger partial charge in [-0.1, -0.05) is 30.0 Å². The second-order valence-electron chi connectivity index (χ2n) is 2.33. The predicted octanol–water partition coefficient (Wildman–Crippen LogP) is 2.43. The number of phosphoric acid groups is 1. The minimum Gasteiger partial charge on any atom is -0.302 e. The van der Waals surface area contributed by atoms with Crippen LogP contribution in [0.2, 0.25) is 0 Å². The van der Waals surface area contributed by atoms with E-state index in [1.165, 1.54) is 11.8 Å². The minimum atomic E-state index is -4.45. The van der Waals surface area contributed by atoms with E-state index < -0.39 is 7.82 Å². The van der Waals surface area contributed by atoms with Crippen LogP contribution in [-0.4, -0.2) is 15.7 Å². The number of benzene rings is 1. The molecule has 2 N–H and O–H groups in total. The van der Waals surface area contributed by atoms with Gasteiger partial charge in [0.15, 0.2) is 12.3 Å². The van der Waals surface area contributed by atoms with E-state index in [1.54, 1.807) is 0 Å². The standard InChI is InChI=1S/C7H9O5PS2/c8-13(9,10)12-15-11-6-14-7-4-2-1-3-5-7/h1-5H,6H2,(H2,8,9,10). The van der Waals surface area contributed by atoms with Crippen LogP contribution < -0.4 is 0 Å². The molecule has 0 aliphatic carbocycles. The van der Waals surface area contributed by atoms with Crippen molar-refractivity contribution < 1.29 is 22.5 Å². The summed E-state index contributed by atoms with van der Waals surface area (Å²) in [5.74, 6) is 0.245. The van der Waals surface area contributed by atoms with Crippen molar-refractivity contribution in [3.8, 4) is 0 Å². The lowest BCUT2D eigenvalue weighted by atomic mass is 10.4. The predicted molar refractivity (Wildman–Crippen MR) is 59.0 cm³/mol. The summed E-state index contributed by atoms with van der Waals surface area (Å²) in [4.78, 5) is 17.6. The lowest BCUT2D eigenvalue weighted by Gasteiger charge is -2.03. The van der Waals surface area contributed by atoms with Crippen LogP contribution in [0.15, 0.2) is 35.2 Å². The van der Waals surface area contributed by atoms with Gasteiger partial charge in [-0.05, 0) is 12.1 Å². The van der Waals surface area contributed by atoms with E-state index in [0.717, 1.165) is 4.90 Å². The first-order valence-electron chi connectivity index (χ1n) is 3.79. The third-order valence-electron chi connectivity index (χ3n) is 1.19. The first kappa shape index (κ1) is 13.1. The molecule has 1 rings (SSSR count). The van der Waals surface area contributed by atoms with Crippen LogP contribution in [0.1, 0.15) is 0 Å². The zero-order valence-corrected chi connectivity index (χ0v) is 10.0. The van der Waals surface area contributed by atoms with Gasteiger partial charge in [-0.15, -0.1) is 0 Å². The summed E-state index contributed by atoms with van der Waals surface area (Å²) in [5.41, 5.74) is 0. The fraction of sp³-hybridized carbons (Fsp3) is 0.143. The molecule has 0 aromatic heterocycles. The van der Waals surface area contributed by atoms with E-state index in [-0.39, 0.29) is 5.94 Å². The van der Waals surface area contributed by atoms with Gasteiger partial charge in [0.05, 0.1) is 0 Å². The highest BCUT2D eigenvalue weighted by molar-refractivity contribution is 8.00. The van der Waals surface area contributed by atoms with E-state index in [4.69, 9.17) is 14.0 Å². The van der Waals surface area contributed by atoms with Gasteiger partial charge in [-0.25, -0.2) is 4.57 Å². The average molecular weight is 268 g/mol. The maximum atomic E-state index is 10.2. The van der Waals surface area contributed by atoms with Crippen LogP contribution in [0.25, 0.3) is 0 Å². The van der Waals surface area contributed by atoms with Crippen molar-refractivity contribution in [3.05, 3.63) is 30.3 Å². The molecule has 1 aromatic rings. The van der Waals surface area contributed by atoms with Crippen molar-refractivity contribution in [2.24, 2.45) is 0 Å². The summed E-state index contributed by atoms with van der Waals surface area (Å²) in [7, 11) is -4.45. The van der Waals surface area contributed by atoms with Gasteiger partial charge < -0.3 is 9.79 Å². The van der Waals surface area contributed by atoms with Crippen molar-refractivity contribution in [2.45, 2.75) is 4.90 Å². The quantitative estimate of drug-likeness (QED) is 0.270. The third-order valence-corrected chi connectivity index (χ3v) is 3.42. The molecule has 5 nitrogen and oxygen atoms in total. The van der Waals surface area contributed by atoms with E-state index in [1.807, 2.05) is 30.3 Å². The number of rotatable bonds is 6. The molecule has 0 fully saturated rings. The first-order valence-corrected chi connectivity index (χ1v) is 6.97. The van der Waals surface area contributed by atoms with Crippen LogP contribution in [0.4, 0.5) is 0 Å². The highest BCUT2D eigenvalue weighted by atomic mass is 32.2. The molecule has 0 spiro atoms. The Morgan fingerprint density at radius 1 is 1.27 bits per heavy atom. The fourth-order valence-corrected chi connectivity index (χ4v) is 2.01. The van der Waals surface area contributed by atoms with Crippen LogP contribution in [0.5, 0.6) is 0 Å². The Morgan fingerprint density at radius 2 is 1.93 bits per heavy atom. The van der Waals surface area contributed by atoms with Crippen LogP contribution >= 0.6 is 31.9 Å². The molecule has 0 atom stereocenters. The number of thioether (sulfide) groups is 1. The number of hydrogen-bond donors (Lipinski definition) is 2. The Balaban J connectivity index is 2.10. The van der Waals surface area contributed by atoms with E-state index in [2.05, 4.69) is 3.97 Å². The zero-order chi connectivity index (χ0) is 11.1. The molecule has 84 valence electrons. The Labute approximate surface area is 95.8 Å². The number of hydrogen-bond acceptors (Lipinski definition) is 5. The van der Waals surface area contributed by atoms with Crippen LogP contribution in [0, 0.1) is 0 Å². The first-order chi connectivity index (χ1) is 7.08.